The number of rotatable bonds is 1. The summed E-state index contributed by atoms with van der Waals surface area (Å²) in [5.74, 6) is 0. The van der Waals surface area contributed by atoms with Gasteiger partial charge in [0.15, 0.2) is 0 Å². The molecule has 1 rings (SSSR count). The summed E-state index contributed by atoms with van der Waals surface area (Å²) in [4.78, 5) is 1.52. The fourth-order valence-corrected chi connectivity index (χ4v) is 1.23. The number of benzene rings is 1. The van der Waals surface area contributed by atoms with Gasteiger partial charge < -0.3 is 4.90 Å². The van der Waals surface area contributed by atoms with Gasteiger partial charge in [-0.05, 0) is 24.3 Å². The van der Waals surface area contributed by atoms with Crippen molar-refractivity contribution in [3.8, 4) is 0 Å². The first-order valence-electron chi connectivity index (χ1n) is 3.47. The zero-order valence-corrected chi connectivity index (χ0v) is 9.79. The average Bonchev–Trinajstić information content (AvgIpc) is 2.03. The smallest absolute Gasteiger partial charge is 0.268 e. The molecule has 0 unspecified atom stereocenters. The molecule has 0 radical (unpaired) electrons. The Labute approximate surface area is 97.1 Å². The van der Waals surface area contributed by atoms with Gasteiger partial charge in [0.2, 0.25) is 0 Å². The molecule has 0 amide bonds. The Morgan fingerprint density at radius 3 is 1.92 bits per heavy atom. The molecule has 0 saturated carbocycles. The molecule has 1 aromatic rings. The second-order valence-electron chi connectivity index (χ2n) is 2.50. The normalized spacial score (nSPS) is 11.5. The lowest BCUT2D eigenvalue weighted by Crippen LogP contribution is -2.30. The van der Waals surface area contributed by atoms with Gasteiger partial charge in [0.1, 0.15) is 0 Å². The Morgan fingerprint density at radius 2 is 1.54 bits per heavy atom. The number of hydrogen-bond donors (Lipinski definition) is 0. The van der Waals surface area contributed by atoms with Crippen molar-refractivity contribution in [3.05, 3.63) is 29.3 Å². The van der Waals surface area contributed by atoms with Crippen LogP contribution >= 0.6 is 46.4 Å². The van der Waals surface area contributed by atoms with E-state index >= 15 is 0 Å². The molecule has 0 aliphatic rings. The first-order valence-corrected chi connectivity index (χ1v) is 4.98. The van der Waals surface area contributed by atoms with E-state index in [-0.39, 0.29) is 0 Å². The van der Waals surface area contributed by atoms with E-state index in [4.69, 9.17) is 46.4 Å². The summed E-state index contributed by atoms with van der Waals surface area (Å²) in [6.45, 7) is 0. The van der Waals surface area contributed by atoms with E-state index in [1.165, 1.54) is 4.90 Å². The lowest BCUT2D eigenvalue weighted by Gasteiger charge is -2.26. The SMILES string of the molecule is CN(c1ccc(Cl)cc1)C(Cl)(Cl)Cl. The van der Waals surface area contributed by atoms with Crippen molar-refractivity contribution in [2.24, 2.45) is 0 Å². The lowest BCUT2D eigenvalue weighted by atomic mass is 10.3. The van der Waals surface area contributed by atoms with E-state index in [0.717, 1.165) is 5.69 Å². The van der Waals surface area contributed by atoms with Crippen molar-refractivity contribution >= 4 is 52.1 Å². The molecule has 13 heavy (non-hydrogen) atoms. The molecule has 5 heteroatoms. The molecule has 0 bridgehead atoms. The topological polar surface area (TPSA) is 3.24 Å². The third-order valence-corrected chi connectivity index (χ3v) is 2.61. The maximum absolute atomic E-state index is 5.71. The monoisotopic (exact) mass is 257 g/mol. The molecule has 0 aliphatic carbocycles. The Kier molecular flexibility index (Phi) is 3.58. The van der Waals surface area contributed by atoms with Crippen molar-refractivity contribution in [1.82, 2.24) is 0 Å². The standard InChI is InChI=1S/C8H7Cl4N/c1-13(8(10,11)12)7-4-2-6(9)3-5-7/h2-5H,1H3. The summed E-state index contributed by atoms with van der Waals surface area (Å²) in [5.41, 5.74) is 0.796. The van der Waals surface area contributed by atoms with E-state index < -0.39 is 3.92 Å². The highest BCUT2D eigenvalue weighted by molar-refractivity contribution is 6.68. The molecule has 0 N–H and O–H groups in total. The van der Waals surface area contributed by atoms with Crippen LogP contribution in [-0.4, -0.2) is 11.0 Å². The van der Waals surface area contributed by atoms with Gasteiger partial charge in [-0.15, -0.1) is 0 Å². The van der Waals surface area contributed by atoms with Crippen molar-refractivity contribution in [2.75, 3.05) is 11.9 Å². The molecule has 0 aromatic heterocycles. The first kappa shape index (κ1) is 11.3. The summed E-state index contributed by atoms with van der Waals surface area (Å²) in [5, 5.41) is 0.654. The summed E-state index contributed by atoms with van der Waals surface area (Å²) < 4.78 is -1.44. The molecule has 1 nitrogen and oxygen atoms in total. The number of halogens is 4. The van der Waals surface area contributed by atoms with Crippen LogP contribution in [0.15, 0.2) is 24.3 Å². The minimum atomic E-state index is -1.44. The lowest BCUT2D eigenvalue weighted by molar-refractivity contribution is 0.973. The number of nitrogens with zero attached hydrogens (tertiary/aromatic N) is 1. The van der Waals surface area contributed by atoms with Crippen LogP contribution in [0.4, 0.5) is 5.69 Å². The number of alkyl halides is 3. The fourth-order valence-electron chi connectivity index (χ4n) is 0.811. The summed E-state index contributed by atoms with van der Waals surface area (Å²) in [7, 11) is 1.69. The molecular formula is C8H7Cl4N. The second kappa shape index (κ2) is 4.14. The van der Waals surface area contributed by atoms with Crippen LogP contribution in [0.1, 0.15) is 0 Å². The molecular weight excluding hydrogens is 252 g/mol. The van der Waals surface area contributed by atoms with E-state index in [1.807, 2.05) is 0 Å². The molecule has 0 saturated heterocycles. The Hall–Kier alpha value is 0.180. The van der Waals surface area contributed by atoms with Gasteiger partial charge in [-0.1, -0.05) is 46.4 Å². The molecule has 0 atom stereocenters. The van der Waals surface area contributed by atoms with Crippen LogP contribution in [0, 0.1) is 0 Å². The largest absolute Gasteiger partial charge is 0.331 e. The predicted octanol–water partition coefficient (Wildman–Crippen LogP) is 4.10. The van der Waals surface area contributed by atoms with Gasteiger partial charge in [-0.3, -0.25) is 0 Å². The van der Waals surface area contributed by atoms with Gasteiger partial charge >= 0.3 is 0 Å². The fraction of sp³-hybridized carbons (Fsp3) is 0.250. The van der Waals surface area contributed by atoms with Gasteiger partial charge in [-0.25, -0.2) is 0 Å². The maximum atomic E-state index is 5.71. The molecule has 0 aliphatic heterocycles. The Bertz CT molecular complexity index is 277. The van der Waals surface area contributed by atoms with Crippen molar-refractivity contribution in [1.29, 1.82) is 0 Å². The van der Waals surface area contributed by atoms with E-state index in [1.54, 1.807) is 31.3 Å². The first-order chi connectivity index (χ1) is 5.91. The average molecular weight is 259 g/mol. The van der Waals surface area contributed by atoms with Crippen LogP contribution in [0.25, 0.3) is 0 Å². The third kappa shape index (κ3) is 3.10. The highest BCUT2D eigenvalue weighted by Gasteiger charge is 2.25. The second-order valence-corrected chi connectivity index (χ2v) is 5.16. The molecule has 1 aromatic carbocycles. The molecule has 72 valence electrons. The highest BCUT2D eigenvalue weighted by Crippen LogP contribution is 2.33. The van der Waals surface area contributed by atoms with Crippen molar-refractivity contribution < 1.29 is 0 Å². The van der Waals surface area contributed by atoms with Crippen molar-refractivity contribution in [2.45, 2.75) is 3.92 Å². The van der Waals surface area contributed by atoms with Crippen LogP contribution < -0.4 is 4.90 Å². The quantitative estimate of drug-likeness (QED) is 0.542. The van der Waals surface area contributed by atoms with E-state index in [0.29, 0.717) is 5.02 Å². The van der Waals surface area contributed by atoms with Crippen LogP contribution in [0.2, 0.25) is 5.02 Å². The zero-order valence-electron chi connectivity index (χ0n) is 6.77. The minimum Gasteiger partial charge on any atom is -0.331 e. The van der Waals surface area contributed by atoms with Gasteiger partial charge in [0.25, 0.3) is 3.92 Å². The van der Waals surface area contributed by atoms with Crippen molar-refractivity contribution in [3.63, 3.8) is 0 Å². The van der Waals surface area contributed by atoms with Crippen LogP contribution in [-0.2, 0) is 0 Å². The zero-order chi connectivity index (χ0) is 10.1. The number of hydrogen-bond acceptors (Lipinski definition) is 1. The maximum Gasteiger partial charge on any atom is 0.268 e. The van der Waals surface area contributed by atoms with Gasteiger partial charge in [0.05, 0.1) is 0 Å². The number of anilines is 1. The Balaban J connectivity index is 2.90. The van der Waals surface area contributed by atoms with Crippen LogP contribution in [0.3, 0.4) is 0 Å². The summed E-state index contributed by atoms with van der Waals surface area (Å²) >= 11 is 22.8. The van der Waals surface area contributed by atoms with Gasteiger partial charge in [0, 0.05) is 17.8 Å². The summed E-state index contributed by atoms with van der Waals surface area (Å²) in [6.07, 6.45) is 0. The highest BCUT2D eigenvalue weighted by atomic mass is 35.6. The third-order valence-electron chi connectivity index (χ3n) is 1.59. The van der Waals surface area contributed by atoms with Gasteiger partial charge in [-0.2, -0.15) is 0 Å². The molecule has 0 spiro atoms. The van der Waals surface area contributed by atoms with E-state index in [9.17, 15) is 0 Å². The molecule has 0 heterocycles. The minimum absolute atomic E-state index is 0.654. The van der Waals surface area contributed by atoms with Crippen LogP contribution in [0.5, 0.6) is 0 Å². The Morgan fingerprint density at radius 1 is 1.08 bits per heavy atom. The van der Waals surface area contributed by atoms with E-state index in [2.05, 4.69) is 0 Å². The summed E-state index contributed by atoms with van der Waals surface area (Å²) in [6, 6.07) is 7.04. The molecule has 0 fully saturated rings. The predicted molar refractivity (Wildman–Crippen MR) is 60.1 cm³/mol.